The first kappa shape index (κ1) is 33.6. The van der Waals surface area contributed by atoms with Crippen LogP contribution in [-0.4, -0.2) is 84.2 Å². The van der Waals surface area contributed by atoms with Crippen LogP contribution in [0.5, 0.6) is 5.75 Å². The number of amides is 1. The first-order valence-electron chi connectivity index (χ1n) is 14.3. The third kappa shape index (κ3) is 8.44. The first-order chi connectivity index (χ1) is 21.9. The number of sulfonamides is 1. The molecule has 0 bridgehead atoms. The number of aliphatic carboxylic acids is 1. The van der Waals surface area contributed by atoms with Crippen LogP contribution in [0.25, 0.3) is 0 Å². The number of carboxylic acids is 1. The highest BCUT2D eigenvalue weighted by Crippen LogP contribution is 2.24. The van der Waals surface area contributed by atoms with Gasteiger partial charge in [0.25, 0.3) is 10.0 Å². The van der Waals surface area contributed by atoms with Crippen molar-refractivity contribution in [1.29, 1.82) is 0 Å². The summed E-state index contributed by atoms with van der Waals surface area (Å²) in [5, 5.41) is 13.0. The number of nitrogens with zero attached hydrogens (tertiary/aromatic N) is 7. The summed E-state index contributed by atoms with van der Waals surface area (Å²) in [6, 6.07) is 15.3. The molecule has 1 atom stereocenters. The molecule has 4 rings (SSSR count). The summed E-state index contributed by atoms with van der Waals surface area (Å²) in [7, 11) is 0.379. The Kier molecular flexibility index (Phi) is 10.7. The lowest BCUT2D eigenvalue weighted by molar-refractivity contribution is -0.137. The maximum Gasteiger partial charge on any atom is 0.414 e. The molecule has 0 aliphatic rings. The zero-order chi connectivity index (χ0) is 33.4. The fourth-order valence-electron chi connectivity index (χ4n) is 4.19. The van der Waals surface area contributed by atoms with E-state index < -0.39 is 28.1 Å². The summed E-state index contributed by atoms with van der Waals surface area (Å²) < 4.78 is 33.3. The summed E-state index contributed by atoms with van der Waals surface area (Å²) in [4.78, 5) is 44.8. The van der Waals surface area contributed by atoms with Crippen LogP contribution in [0.1, 0.15) is 23.6 Å². The standard InChI is InChI=1S/C31H36N8O6S/c1-6-39(20-23-15-17-32-18-16-23)30-35-28(34-29(36-30)38(5)46(43,44)25-13-7-21(2)8-14-25)33-26(27(40)41)19-22-9-11-24(12-10-22)45-31(42)37(3)4/h7-18,26H,6,19-20H2,1-5H3,(H,40,41)(H,33,34,35,36)/t26-/m0/s1. The summed E-state index contributed by atoms with van der Waals surface area (Å²) in [6.07, 6.45) is 2.79. The molecule has 1 amide bonds. The SMILES string of the molecule is CCN(Cc1ccncc1)c1nc(N[C@@H](Cc2ccc(OC(=O)N(C)C)cc2)C(=O)O)nc(N(C)S(=O)(=O)c2ccc(C)cc2)n1. The quantitative estimate of drug-likeness (QED) is 0.216. The van der Waals surface area contributed by atoms with Crippen LogP contribution in [0.4, 0.5) is 22.6 Å². The molecule has 2 aromatic heterocycles. The van der Waals surface area contributed by atoms with Gasteiger partial charge in [0.1, 0.15) is 11.8 Å². The van der Waals surface area contributed by atoms with Crippen LogP contribution in [0.3, 0.4) is 0 Å². The molecule has 0 saturated heterocycles. The molecule has 14 nitrogen and oxygen atoms in total. The van der Waals surface area contributed by atoms with Crippen molar-refractivity contribution in [3.63, 3.8) is 0 Å². The van der Waals surface area contributed by atoms with E-state index in [2.05, 4.69) is 25.3 Å². The van der Waals surface area contributed by atoms with Crippen molar-refractivity contribution in [2.24, 2.45) is 0 Å². The van der Waals surface area contributed by atoms with Crippen LogP contribution >= 0.6 is 0 Å². The lowest BCUT2D eigenvalue weighted by atomic mass is 10.1. The van der Waals surface area contributed by atoms with Gasteiger partial charge in [-0.15, -0.1) is 0 Å². The van der Waals surface area contributed by atoms with Gasteiger partial charge in [-0.1, -0.05) is 29.8 Å². The number of pyridine rings is 1. The van der Waals surface area contributed by atoms with Crippen molar-refractivity contribution < 1.29 is 27.9 Å². The van der Waals surface area contributed by atoms with Crippen molar-refractivity contribution in [3.05, 3.63) is 89.7 Å². The second kappa shape index (κ2) is 14.6. The number of aromatic nitrogens is 4. The summed E-state index contributed by atoms with van der Waals surface area (Å²) in [5.74, 6) is -1.05. The zero-order valence-electron chi connectivity index (χ0n) is 26.2. The van der Waals surface area contributed by atoms with Gasteiger partial charge in [-0.3, -0.25) is 4.98 Å². The number of benzene rings is 2. The molecule has 2 aromatic carbocycles. The van der Waals surface area contributed by atoms with Gasteiger partial charge in [0, 0.05) is 53.0 Å². The van der Waals surface area contributed by atoms with Gasteiger partial charge in [-0.2, -0.15) is 15.0 Å². The van der Waals surface area contributed by atoms with E-state index in [-0.39, 0.29) is 29.2 Å². The number of carbonyl (C=O) groups excluding carboxylic acids is 1. The van der Waals surface area contributed by atoms with E-state index in [1.165, 1.54) is 24.1 Å². The predicted molar refractivity (Wildman–Crippen MR) is 172 cm³/mol. The minimum absolute atomic E-state index is 0.0135. The molecule has 46 heavy (non-hydrogen) atoms. The van der Waals surface area contributed by atoms with E-state index in [4.69, 9.17) is 4.74 Å². The molecule has 2 N–H and O–H groups in total. The highest BCUT2D eigenvalue weighted by atomic mass is 32.2. The Balaban J connectivity index is 1.68. The number of nitrogens with one attached hydrogen (secondary N) is 1. The minimum atomic E-state index is -4.07. The molecule has 0 fully saturated rings. The van der Waals surface area contributed by atoms with Gasteiger partial charge in [0.15, 0.2) is 0 Å². The first-order valence-corrected chi connectivity index (χ1v) is 15.7. The number of rotatable bonds is 13. The third-order valence-corrected chi connectivity index (χ3v) is 8.65. The maximum absolute atomic E-state index is 13.6. The Bertz CT molecular complexity index is 1750. The molecule has 0 aliphatic carbocycles. The van der Waals surface area contributed by atoms with Gasteiger partial charge < -0.3 is 25.0 Å². The number of ether oxygens (including phenoxy) is 1. The molecule has 0 radical (unpaired) electrons. The van der Waals surface area contributed by atoms with E-state index >= 15 is 0 Å². The number of aryl methyl sites for hydroxylation is 1. The Morgan fingerprint density at radius 3 is 2.11 bits per heavy atom. The molecule has 4 aromatic rings. The largest absolute Gasteiger partial charge is 0.480 e. The topological polar surface area (TPSA) is 171 Å². The van der Waals surface area contributed by atoms with Gasteiger partial charge in [0.05, 0.1) is 4.90 Å². The fourth-order valence-corrected chi connectivity index (χ4v) is 5.28. The Hall–Kier alpha value is -5.31. The van der Waals surface area contributed by atoms with E-state index in [0.29, 0.717) is 24.4 Å². The summed E-state index contributed by atoms with van der Waals surface area (Å²) in [6.45, 7) is 4.58. The Morgan fingerprint density at radius 1 is 0.891 bits per heavy atom. The lowest BCUT2D eigenvalue weighted by Crippen LogP contribution is -2.34. The molecule has 0 saturated carbocycles. The number of hydrogen-bond donors (Lipinski definition) is 2. The van der Waals surface area contributed by atoms with Crippen LogP contribution in [0.15, 0.2) is 78.0 Å². The van der Waals surface area contributed by atoms with Crippen molar-refractivity contribution in [2.75, 3.05) is 42.2 Å². The van der Waals surface area contributed by atoms with E-state index in [9.17, 15) is 23.1 Å². The molecule has 0 unspecified atom stereocenters. The molecular weight excluding hydrogens is 612 g/mol. The second-order valence-electron chi connectivity index (χ2n) is 10.6. The average Bonchev–Trinajstić information content (AvgIpc) is 3.04. The van der Waals surface area contributed by atoms with Crippen molar-refractivity contribution in [1.82, 2.24) is 24.8 Å². The summed E-state index contributed by atoms with van der Waals surface area (Å²) >= 11 is 0. The average molecular weight is 649 g/mol. The van der Waals surface area contributed by atoms with E-state index in [1.807, 2.05) is 30.9 Å². The monoisotopic (exact) mass is 648 g/mol. The highest BCUT2D eigenvalue weighted by molar-refractivity contribution is 7.92. The molecule has 15 heteroatoms. The van der Waals surface area contributed by atoms with Crippen molar-refractivity contribution >= 4 is 39.9 Å². The third-order valence-electron chi connectivity index (χ3n) is 6.90. The number of carbonyl (C=O) groups is 2. The van der Waals surface area contributed by atoms with Crippen LogP contribution < -0.4 is 19.3 Å². The van der Waals surface area contributed by atoms with Gasteiger partial charge in [-0.05, 0) is 61.4 Å². The maximum atomic E-state index is 13.6. The smallest absolute Gasteiger partial charge is 0.414 e. The lowest BCUT2D eigenvalue weighted by Gasteiger charge is -2.24. The van der Waals surface area contributed by atoms with Crippen molar-refractivity contribution in [2.45, 2.75) is 37.8 Å². The number of carboxylic acid groups (broad SMARTS) is 1. The van der Waals surface area contributed by atoms with Crippen LogP contribution in [0, 0.1) is 6.92 Å². The molecule has 0 spiro atoms. The molecular formula is C31H36N8O6S. The zero-order valence-corrected chi connectivity index (χ0v) is 27.0. The van der Waals surface area contributed by atoms with Gasteiger partial charge >= 0.3 is 12.1 Å². The Labute approximate surface area is 267 Å². The normalized spacial score (nSPS) is 11.8. The fraction of sp³-hybridized carbons (Fsp3) is 0.290. The minimum Gasteiger partial charge on any atom is -0.480 e. The van der Waals surface area contributed by atoms with Gasteiger partial charge in [-0.25, -0.2) is 22.3 Å². The van der Waals surface area contributed by atoms with E-state index in [1.54, 1.807) is 62.9 Å². The Morgan fingerprint density at radius 2 is 1.52 bits per heavy atom. The van der Waals surface area contributed by atoms with Crippen LogP contribution in [0.2, 0.25) is 0 Å². The number of anilines is 3. The molecule has 0 aliphatic heterocycles. The van der Waals surface area contributed by atoms with Crippen LogP contribution in [-0.2, 0) is 27.8 Å². The highest BCUT2D eigenvalue weighted by Gasteiger charge is 2.27. The summed E-state index contributed by atoms with van der Waals surface area (Å²) in [5.41, 5.74) is 2.44. The van der Waals surface area contributed by atoms with Gasteiger partial charge in [0.2, 0.25) is 17.8 Å². The number of hydrogen-bond acceptors (Lipinski definition) is 11. The molecule has 242 valence electrons. The van der Waals surface area contributed by atoms with E-state index in [0.717, 1.165) is 15.4 Å². The molecule has 2 heterocycles. The predicted octanol–water partition coefficient (Wildman–Crippen LogP) is 3.59. The second-order valence-corrected chi connectivity index (χ2v) is 12.5. The van der Waals surface area contributed by atoms with Crippen molar-refractivity contribution in [3.8, 4) is 5.75 Å².